The second kappa shape index (κ2) is 15.1. The van der Waals surface area contributed by atoms with Crippen LogP contribution in [0.1, 0.15) is 54.4 Å². The predicted molar refractivity (Wildman–Crippen MR) is 181 cm³/mol. The average molecular weight is 743 g/mol. The van der Waals surface area contributed by atoms with Crippen molar-refractivity contribution in [2.24, 2.45) is 11.8 Å². The monoisotopic (exact) mass is 740 g/mol. The Hall–Kier alpha value is -2.93. The van der Waals surface area contributed by atoms with Crippen LogP contribution in [0, 0.1) is 11.8 Å². The number of nitrogens with zero attached hydrogens (tertiary/aromatic N) is 2. The Morgan fingerprint density at radius 1 is 0.915 bits per heavy atom. The Balaban J connectivity index is 1.32. The zero-order valence-electron chi connectivity index (χ0n) is 25.0. The van der Waals surface area contributed by atoms with Gasteiger partial charge in [-0.3, -0.25) is 14.6 Å². The van der Waals surface area contributed by atoms with Crippen LogP contribution >= 0.6 is 46.4 Å². The van der Waals surface area contributed by atoms with Crippen molar-refractivity contribution in [1.82, 2.24) is 14.6 Å². The van der Waals surface area contributed by atoms with Crippen molar-refractivity contribution >= 4 is 79.9 Å². The molecule has 1 saturated carbocycles. The summed E-state index contributed by atoms with van der Waals surface area (Å²) < 4.78 is 29.0. The number of rotatable bonds is 10. The summed E-state index contributed by atoms with van der Waals surface area (Å²) in [4.78, 5) is 42.5. The van der Waals surface area contributed by atoms with E-state index >= 15 is 0 Å². The fourth-order valence-corrected chi connectivity index (χ4v) is 9.27. The molecular formula is C32H32Cl4N4O6S. The number of carbonyl (C=O) groups is 3. The van der Waals surface area contributed by atoms with Crippen LogP contribution in [0.3, 0.4) is 0 Å². The predicted octanol–water partition coefficient (Wildman–Crippen LogP) is 6.72. The standard InChI is InChI=1S/C32H32Cl4N4O6S/c33-21-12-22(34)14-24(13-21)47(45,46)40-17-20(19-4-2-1-3-5-19)11-28(40)30(41)39-27(32(43)44)10-18-6-8-23(9-7-18)38-31(42)29-25(35)15-37-16-26(29)36/h6-9,12-16,19-20,27-28H,1-5,10-11,17H2,(H,38,42)(H,39,41)(H,43,44)/t20-,27-,28+/m0/s1. The molecule has 1 aliphatic heterocycles. The van der Waals surface area contributed by atoms with Crippen molar-refractivity contribution in [3.05, 3.63) is 86.1 Å². The molecule has 0 radical (unpaired) electrons. The van der Waals surface area contributed by atoms with Gasteiger partial charge in [0.25, 0.3) is 5.91 Å². The summed E-state index contributed by atoms with van der Waals surface area (Å²) in [5.74, 6) is -2.31. The molecule has 250 valence electrons. The number of carboxylic acids is 1. The van der Waals surface area contributed by atoms with E-state index in [0.29, 0.717) is 11.3 Å². The molecule has 15 heteroatoms. The summed E-state index contributed by atoms with van der Waals surface area (Å²) in [6.45, 7) is 0.135. The maximum atomic E-state index is 13.9. The van der Waals surface area contributed by atoms with E-state index in [0.717, 1.165) is 32.1 Å². The smallest absolute Gasteiger partial charge is 0.326 e. The highest BCUT2D eigenvalue weighted by atomic mass is 35.5. The van der Waals surface area contributed by atoms with Gasteiger partial charge in [-0.1, -0.05) is 90.6 Å². The minimum absolute atomic E-state index is 0.0570. The summed E-state index contributed by atoms with van der Waals surface area (Å²) >= 11 is 24.4. The fraction of sp³-hybridized carbons (Fsp3) is 0.375. The second-order valence-electron chi connectivity index (χ2n) is 11.8. The third-order valence-corrected chi connectivity index (χ3v) is 11.6. The lowest BCUT2D eigenvalue weighted by Crippen LogP contribution is -2.51. The van der Waals surface area contributed by atoms with Gasteiger partial charge >= 0.3 is 5.97 Å². The lowest BCUT2D eigenvalue weighted by Gasteiger charge is -2.27. The quantitative estimate of drug-likeness (QED) is 0.209. The number of carboxylic acid groups (broad SMARTS) is 1. The number of hydrogen-bond acceptors (Lipinski definition) is 6. The van der Waals surface area contributed by atoms with E-state index in [1.807, 2.05) is 0 Å². The number of aliphatic carboxylic acids is 1. The molecule has 2 heterocycles. The molecule has 3 aromatic rings. The minimum Gasteiger partial charge on any atom is -0.480 e. The lowest BCUT2D eigenvalue weighted by molar-refractivity contribution is -0.142. The number of aromatic nitrogens is 1. The fourth-order valence-electron chi connectivity index (χ4n) is 6.35. The Bertz CT molecular complexity index is 1730. The number of benzene rings is 2. The Labute approximate surface area is 292 Å². The zero-order chi connectivity index (χ0) is 33.9. The molecule has 2 fully saturated rings. The minimum atomic E-state index is -4.20. The first-order chi connectivity index (χ1) is 22.3. The first-order valence-electron chi connectivity index (χ1n) is 15.0. The van der Waals surface area contributed by atoms with Gasteiger partial charge in [0.05, 0.1) is 20.5 Å². The van der Waals surface area contributed by atoms with Gasteiger partial charge in [-0.2, -0.15) is 4.31 Å². The lowest BCUT2D eigenvalue weighted by atomic mass is 9.79. The second-order valence-corrected chi connectivity index (χ2v) is 15.4. The Morgan fingerprint density at radius 2 is 1.53 bits per heavy atom. The van der Waals surface area contributed by atoms with E-state index < -0.39 is 39.9 Å². The van der Waals surface area contributed by atoms with Crippen LogP contribution in [-0.4, -0.2) is 59.2 Å². The molecule has 47 heavy (non-hydrogen) atoms. The van der Waals surface area contributed by atoms with Crippen LogP contribution < -0.4 is 10.6 Å². The molecule has 1 saturated heterocycles. The van der Waals surface area contributed by atoms with E-state index in [1.54, 1.807) is 24.3 Å². The Kier molecular flexibility index (Phi) is 11.4. The van der Waals surface area contributed by atoms with E-state index in [9.17, 15) is 27.9 Å². The first kappa shape index (κ1) is 35.4. The molecule has 10 nitrogen and oxygen atoms in total. The van der Waals surface area contributed by atoms with Gasteiger partial charge in [0.15, 0.2) is 0 Å². The summed E-state index contributed by atoms with van der Waals surface area (Å²) in [7, 11) is -4.20. The summed E-state index contributed by atoms with van der Waals surface area (Å²) in [6.07, 6.45) is 7.90. The largest absolute Gasteiger partial charge is 0.480 e. The molecule has 0 spiro atoms. The van der Waals surface area contributed by atoms with E-state index in [-0.39, 0.29) is 61.8 Å². The molecular weight excluding hydrogens is 710 g/mol. The Morgan fingerprint density at radius 3 is 2.13 bits per heavy atom. The number of carbonyl (C=O) groups excluding carboxylic acids is 2. The highest BCUT2D eigenvalue weighted by Crippen LogP contribution is 2.40. The van der Waals surface area contributed by atoms with Gasteiger partial charge in [-0.05, 0) is 54.2 Å². The van der Waals surface area contributed by atoms with Crippen molar-refractivity contribution < 1.29 is 27.9 Å². The maximum absolute atomic E-state index is 13.9. The van der Waals surface area contributed by atoms with Crippen molar-refractivity contribution in [2.75, 3.05) is 11.9 Å². The number of amides is 2. The molecule has 3 N–H and O–H groups in total. The average Bonchev–Trinajstić information content (AvgIpc) is 3.48. The van der Waals surface area contributed by atoms with Crippen LogP contribution in [0.2, 0.25) is 20.1 Å². The van der Waals surface area contributed by atoms with Crippen LogP contribution in [-0.2, 0) is 26.0 Å². The van der Waals surface area contributed by atoms with Crippen molar-refractivity contribution in [3.8, 4) is 0 Å². The summed E-state index contributed by atoms with van der Waals surface area (Å²) in [5, 5.41) is 15.8. The summed E-state index contributed by atoms with van der Waals surface area (Å²) in [6, 6.07) is 7.91. The molecule has 1 aromatic heterocycles. The molecule has 0 bridgehead atoms. The van der Waals surface area contributed by atoms with Crippen LogP contribution in [0.5, 0.6) is 0 Å². The number of hydrogen-bond donors (Lipinski definition) is 3. The van der Waals surface area contributed by atoms with Crippen LogP contribution in [0.4, 0.5) is 5.69 Å². The van der Waals surface area contributed by atoms with Crippen molar-refractivity contribution in [1.29, 1.82) is 0 Å². The van der Waals surface area contributed by atoms with E-state index in [4.69, 9.17) is 46.4 Å². The zero-order valence-corrected chi connectivity index (χ0v) is 28.8. The molecule has 5 rings (SSSR count). The normalized spacial score (nSPS) is 19.7. The number of sulfonamides is 1. The maximum Gasteiger partial charge on any atom is 0.326 e. The molecule has 2 aliphatic rings. The molecule has 1 aliphatic carbocycles. The van der Waals surface area contributed by atoms with Gasteiger partial charge < -0.3 is 15.7 Å². The van der Waals surface area contributed by atoms with Crippen LogP contribution in [0.15, 0.2) is 59.8 Å². The highest BCUT2D eigenvalue weighted by Gasteiger charge is 2.46. The van der Waals surface area contributed by atoms with Gasteiger partial charge in [0.2, 0.25) is 15.9 Å². The van der Waals surface area contributed by atoms with Crippen molar-refractivity contribution in [2.45, 2.75) is 61.9 Å². The van der Waals surface area contributed by atoms with Crippen molar-refractivity contribution in [3.63, 3.8) is 0 Å². The third-order valence-electron chi connectivity index (χ3n) is 8.70. The molecule has 2 aromatic carbocycles. The van der Waals surface area contributed by atoms with Gasteiger partial charge in [0, 0.05) is 41.1 Å². The van der Waals surface area contributed by atoms with E-state index in [1.165, 1.54) is 34.9 Å². The highest BCUT2D eigenvalue weighted by molar-refractivity contribution is 7.89. The van der Waals surface area contributed by atoms with Crippen LogP contribution in [0.25, 0.3) is 0 Å². The number of nitrogens with one attached hydrogen (secondary N) is 2. The van der Waals surface area contributed by atoms with E-state index in [2.05, 4.69) is 15.6 Å². The molecule has 2 amide bonds. The third kappa shape index (κ3) is 8.39. The SMILES string of the molecule is O=C(Nc1ccc(C[C@H](NC(=O)[C@H]2C[C@H](C3CCCCC3)CN2S(=O)(=O)c2cc(Cl)cc(Cl)c2)C(=O)O)cc1)c1c(Cl)cncc1Cl. The number of halogens is 4. The summed E-state index contributed by atoms with van der Waals surface area (Å²) in [5.41, 5.74) is 1.02. The first-order valence-corrected chi connectivity index (χ1v) is 18.0. The topological polar surface area (TPSA) is 146 Å². The van der Waals surface area contributed by atoms with Gasteiger partial charge in [0.1, 0.15) is 12.1 Å². The number of anilines is 1. The van der Waals surface area contributed by atoms with Gasteiger partial charge in [-0.25, -0.2) is 13.2 Å². The number of pyridine rings is 1. The molecule has 3 atom stereocenters. The van der Waals surface area contributed by atoms with Gasteiger partial charge in [-0.15, -0.1) is 0 Å². The molecule has 0 unspecified atom stereocenters.